The van der Waals surface area contributed by atoms with E-state index in [2.05, 4.69) is 37.3 Å². The number of rotatable bonds is 6. The Morgan fingerprint density at radius 3 is 2.66 bits per heavy atom. The number of aliphatic hydroxyl groups excluding tert-OH is 2. The number of ether oxygens (including phenoxy) is 3. The number of hydrogen-bond donors (Lipinski definition) is 2. The summed E-state index contributed by atoms with van der Waals surface area (Å²) in [5.74, 6) is 0.884. The van der Waals surface area contributed by atoms with Gasteiger partial charge in [0.2, 0.25) is 0 Å². The summed E-state index contributed by atoms with van der Waals surface area (Å²) in [7, 11) is 0. The monoisotopic (exact) mass is 398 g/mol. The molecule has 2 aromatic rings. The maximum Gasteiger partial charge on any atom is 0.124 e. The largest absolute Gasteiger partial charge is 0.488 e. The van der Waals surface area contributed by atoms with Crippen LogP contribution in [0.25, 0.3) is 0 Å². The van der Waals surface area contributed by atoms with Crippen LogP contribution < -0.4 is 4.74 Å². The van der Waals surface area contributed by atoms with E-state index in [-0.39, 0.29) is 24.9 Å². The molecule has 2 aromatic carbocycles. The predicted octanol–water partition coefficient (Wildman–Crippen LogP) is 3.33. The molecule has 0 spiro atoms. The molecule has 2 aliphatic rings. The van der Waals surface area contributed by atoms with Crippen molar-refractivity contribution in [1.29, 1.82) is 0 Å². The molecule has 29 heavy (non-hydrogen) atoms. The highest BCUT2D eigenvalue weighted by atomic mass is 16.5. The zero-order valence-electron chi connectivity index (χ0n) is 16.9. The van der Waals surface area contributed by atoms with Gasteiger partial charge in [0, 0.05) is 19.3 Å². The van der Waals surface area contributed by atoms with Gasteiger partial charge in [-0.25, -0.2) is 0 Å². The third-order valence-corrected chi connectivity index (χ3v) is 5.84. The van der Waals surface area contributed by atoms with Crippen molar-refractivity contribution in [1.82, 2.24) is 0 Å². The first-order valence-corrected chi connectivity index (χ1v) is 10.5. The Hall–Kier alpha value is -1.92. The molecule has 4 atom stereocenters. The highest BCUT2D eigenvalue weighted by Crippen LogP contribution is 2.33. The van der Waals surface area contributed by atoms with E-state index in [9.17, 15) is 10.2 Å². The average Bonchev–Trinajstić information content (AvgIpc) is 3.23. The van der Waals surface area contributed by atoms with Gasteiger partial charge in [-0.3, -0.25) is 0 Å². The minimum absolute atomic E-state index is 0.0618. The molecule has 0 radical (unpaired) electrons. The lowest BCUT2D eigenvalue weighted by molar-refractivity contribution is -0.113. The molecule has 0 aromatic heterocycles. The fourth-order valence-electron chi connectivity index (χ4n) is 4.11. The Balaban J connectivity index is 1.45. The maximum absolute atomic E-state index is 10.1. The molecule has 2 saturated heterocycles. The van der Waals surface area contributed by atoms with Gasteiger partial charge < -0.3 is 24.4 Å². The molecule has 156 valence electrons. The maximum atomic E-state index is 10.1. The lowest BCUT2D eigenvalue weighted by atomic mass is 9.92. The normalized spacial score (nSPS) is 27.1. The van der Waals surface area contributed by atoms with Crippen molar-refractivity contribution in [2.75, 3.05) is 19.8 Å². The second kappa shape index (κ2) is 9.26. The van der Waals surface area contributed by atoms with Crippen LogP contribution in [0.4, 0.5) is 0 Å². The molecule has 2 heterocycles. The van der Waals surface area contributed by atoms with Crippen molar-refractivity contribution >= 4 is 0 Å². The standard InChI is InChI=1S/C24H30O5/c1-16-2-5-18(24-13-20(26)12-23(14-25)29-24)11-19(16)10-17-3-6-21(7-4-17)28-22-8-9-27-15-22/h2-7,11,20,22-26H,8-10,12-15H2,1H3/t20?,22-,23+,24-/m1/s1. The highest BCUT2D eigenvalue weighted by molar-refractivity contribution is 5.38. The van der Waals surface area contributed by atoms with Crippen molar-refractivity contribution in [2.24, 2.45) is 0 Å². The van der Waals surface area contributed by atoms with Crippen LogP contribution in [-0.2, 0) is 15.9 Å². The summed E-state index contributed by atoms with van der Waals surface area (Å²) in [5, 5.41) is 19.5. The van der Waals surface area contributed by atoms with Crippen molar-refractivity contribution < 1.29 is 24.4 Å². The first kappa shape index (κ1) is 20.4. The number of hydrogen-bond acceptors (Lipinski definition) is 5. The average molecular weight is 398 g/mol. The van der Waals surface area contributed by atoms with Crippen LogP contribution in [0.1, 0.15) is 47.6 Å². The molecule has 0 amide bonds. The van der Waals surface area contributed by atoms with Gasteiger partial charge >= 0.3 is 0 Å². The zero-order chi connectivity index (χ0) is 20.2. The number of aliphatic hydroxyl groups is 2. The van der Waals surface area contributed by atoms with Gasteiger partial charge in [0.25, 0.3) is 0 Å². The Morgan fingerprint density at radius 1 is 1.10 bits per heavy atom. The number of benzene rings is 2. The van der Waals surface area contributed by atoms with Crippen LogP contribution in [0.2, 0.25) is 0 Å². The summed E-state index contributed by atoms with van der Waals surface area (Å²) in [6.07, 6.45) is 2.07. The third-order valence-electron chi connectivity index (χ3n) is 5.84. The minimum Gasteiger partial charge on any atom is -0.488 e. The molecule has 5 heteroatoms. The summed E-state index contributed by atoms with van der Waals surface area (Å²) >= 11 is 0. The van der Waals surface area contributed by atoms with Crippen LogP contribution in [-0.4, -0.2) is 48.3 Å². The van der Waals surface area contributed by atoms with Gasteiger partial charge in [-0.2, -0.15) is 0 Å². The van der Waals surface area contributed by atoms with E-state index in [0.717, 1.165) is 30.8 Å². The van der Waals surface area contributed by atoms with Crippen molar-refractivity contribution in [3.05, 3.63) is 64.7 Å². The second-order valence-corrected chi connectivity index (χ2v) is 8.16. The molecule has 2 N–H and O–H groups in total. The lowest BCUT2D eigenvalue weighted by Gasteiger charge is -2.32. The summed E-state index contributed by atoms with van der Waals surface area (Å²) in [4.78, 5) is 0. The molecular weight excluding hydrogens is 368 g/mol. The fourth-order valence-corrected chi connectivity index (χ4v) is 4.11. The van der Waals surface area contributed by atoms with Crippen LogP contribution in [0, 0.1) is 6.92 Å². The zero-order valence-corrected chi connectivity index (χ0v) is 16.9. The molecule has 4 rings (SSSR count). The SMILES string of the molecule is Cc1ccc([C@H]2CC(O)C[C@@H](CO)O2)cc1Cc1ccc(O[C@@H]2CCOC2)cc1. The van der Waals surface area contributed by atoms with Crippen molar-refractivity contribution in [2.45, 2.75) is 57.0 Å². The second-order valence-electron chi connectivity index (χ2n) is 8.16. The number of aryl methyl sites for hydroxylation is 1. The van der Waals surface area contributed by atoms with E-state index in [4.69, 9.17) is 14.2 Å². The van der Waals surface area contributed by atoms with Gasteiger partial charge in [-0.15, -0.1) is 0 Å². The Bertz CT molecular complexity index is 797. The van der Waals surface area contributed by atoms with E-state index in [1.807, 2.05) is 12.1 Å². The molecule has 1 unspecified atom stereocenters. The Morgan fingerprint density at radius 2 is 1.93 bits per heavy atom. The highest BCUT2D eigenvalue weighted by Gasteiger charge is 2.29. The smallest absolute Gasteiger partial charge is 0.124 e. The Labute approximate surface area is 172 Å². The van der Waals surface area contributed by atoms with Crippen LogP contribution in [0.3, 0.4) is 0 Å². The van der Waals surface area contributed by atoms with Gasteiger partial charge in [-0.05, 0) is 47.7 Å². The van der Waals surface area contributed by atoms with Crippen LogP contribution >= 0.6 is 0 Å². The van der Waals surface area contributed by atoms with Gasteiger partial charge in [-0.1, -0.05) is 30.3 Å². The van der Waals surface area contributed by atoms with Crippen LogP contribution in [0.15, 0.2) is 42.5 Å². The van der Waals surface area contributed by atoms with Crippen molar-refractivity contribution in [3.8, 4) is 5.75 Å². The first-order chi connectivity index (χ1) is 14.1. The van der Waals surface area contributed by atoms with E-state index in [0.29, 0.717) is 19.4 Å². The van der Waals surface area contributed by atoms with Gasteiger partial charge in [0.05, 0.1) is 38.1 Å². The fraction of sp³-hybridized carbons (Fsp3) is 0.500. The van der Waals surface area contributed by atoms with Gasteiger partial charge in [0.15, 0.2) is 0 Å². The van der Waals surface area contributed by atoms with Gasteiger partial charge in [0.1, 0.15) is 11.9 Å². The minimum atomic E-state index is -0.437. The molecule has 0 bridgehead atoms. The Kier molecular flexibility index (Phi) is 6.50. The third kappa shape index (κ3) is 5.17. The van der Waals surface area contributed by atoms with E-state index in [1.54, 1.807) is 0 Å². The van der Waals surface area contributed by atoms with E-state index in [1.165, 1.54) is 16.7 Å². The lowest BCUT2D eigenvalue weighted by Crippen LogP contribution is -2.33. The first-order valence-electron chi connectivity index (χ1n) is 10.5. The molecule has 5 nitrogen and oxygen atoms in total. The quantitative estimate of drug-likeness (QED) is 0.781. The summed E-state index contributed by atoms with van der Waals surface area (Å²) in [5.41, 5.74) is 4.75. The summed E-state index contributed by atoms with van der Waals surface area (Å²) < 4.78 is 17.3. The molecule has 0 aliphatic carbocycles. The molecule has 2 fully saturated rings. The topological polar surface area (TPSA) is 68.2 Å². The molecule has 2 aliphatic heterocycles. The van der Waals surface area contributed by atoms with Crippen LogP contribution in [0.5, 0.6) is 5.75 Å². The van der Waals surface area contributed by atoms with Crippen molar-refractivity contribution in [3.63, 3.8) is 0 Å². The van der Waals surface area contributed by atoms with E-state index < -0.39 is 6.10 Å². The van der Waals surface area contributed by atoms with E-state index >= 15 is 0 Å². The summed E-state index contributed by atoms with van der Waals surface area (Å²) in [6, 6.07) is 14.6. The summed E-state index contributed by atoms with van der Waals surface area (Å²) in [6.45, 7) is 3.50. The molecule has 0 saturated carbocycles. The molecular formula is C24H30O5. The predicted molar refractivity (Wildman–Crippen MR) is 110 cm³/mol.